The van der Waals surface area contributed by atoms with Gasteiger partial charge in [0.1, 0.15) is 0 Å². The molecule has 10 saturated carbocycles. The number of terminal acetylenes is 1. The van der Waals surface area contributed by atoms with Gasteiger partial charge in [0.05, 0.1) is 57.4 Å². The molecule has 10 atom stereocenters. The first-order valence-electron chi connectivity index (χ1n) is 42.5. The summed E-state index contributed by atoms with van der Waals surface area (Å²) in [5.74, 6) is 6.00. The number of benzene rings is 4. The van der Waals surface area contributed by atoms with Crippen LogP contribution < -0.4 is 30.3 Å². The summed E-state index contributed by atoms with van der Waals surface area (Å²) >= 11 is 0. The van der Waals surface area contributed by atoms with Crippen LogP contribution in [-0.2, 0) is 70.3 Å². The number of esters is 6. The molecule has 17 heteroatoms. The zero-order chi connectivity index (χ0) is 80.2. The van der Waals surface area contributed by atoms with Crippen LogP contribution in [0, 0.1) is 89.3 Å². The average molecular weight is 1540 g/mol. The molecular weight excluding hydrogens is 1410 g/mol. The largest absolute Gasteiger partial charge is 1.00 e. The number of hydrogen-bond acceptors (Lipinski definition) is 15. The van der Waals surface area contributed by atoms with Crippen molar-refractivity contribution in [1.82, 2.24) is 4.90 Å². The van der Waals surface area contributed by atoms with Gasteiger partial charge in [-0.25, -0.2) is 14.4 Å². The molecule has 16 nitrogen and oxygen atoms in total. The van der Waals surface area contributed by atoms with Crippen LogP contribution in [-0.4, -0.2) is 98.5 Å². The van der Waals surface area contributed by atoms with E-state index in [4.69, 9.17) is 35.2 Å². The van der Waals surface area contributed by atoms with Crippen molar-refractivity contribution in [3.63, 3.8) is 0 Å². The van der Waals surface area contributed by atoms with Crippen LogP contribution in [0.2, 0.25) is 0 Å². The van der Waals surface area contributed by atoms with Gasteiger partial charge in [0.2, 0.25) is 0 Å². The van der Waals surface area contributed by atoms with Crippen LogP contribution in [0.25, 0.3) is 5.32 Å². The third-order valence-corrected chi connectivity index (χ3v) is 24.6. The van der Waals surface area contributed by atoms with Gasteiger partial charge in [-0.05, 0) is 241 Å². The van der Waals surface area contributed by atoms with Crippen LogP contribution in [0.4, 0.5) is 0 Å². The molecule has 4 aromatic rings. The Bertz CT molecular complexity index is 3590. The maximum absolute atomic E-state index is 13.1. The SMILES string of the molecule is C#CC(=O)OCC.C1=CCCC=C1.CC([N-]Cc1ccccc1)c1ccccc1.CCOC(=O)C1=CC2C=CC1CC2.CCOC(=O)C1=CC2CCC1CC2.CCOC(=O)C1C2CCC(CC2)C1N.CCOC(=O)C1C2CCC(CC2)C1N.CCOC(=O)C1C2CCC(CC2)C1N(Cc1ccccc1)[C@@H](C)c1ccccc1.[Li+]. The van der Waals surface area contributed by atoms with Crippen LogP contribution in [0.5, 0.6) is 0 Å². The summed E-state index contributed by atoms with van der Waals surface area (Å²) < 4.78 is 30.1. The maximum Gasteiger partial charge on any atom is 1.00 e. The minimum Gasteiger partial charge on any atom is -0.652 e. The molecule has 0 spiro atoms. The van der Waals surface area contributed by atoms with E-state index in [1.54, 1.807) is 12.8 Å². The second kappa shape index (κ2) is 50.0. The van der Waals surface area contributed by atoms with Gasteiger partial charge in [-0.3, -0.25) is 19.3 Å². The Morgan fingerprint density at radius 2 is 0.876 bits per heavy atom. The first-order chi connectivity index (χ1) is 54.4. The van der Waals surface area contributed by atoms with E-state index >= 15 is 0 Å². The first kappa shape index (κ1) is 92.6. The third kappa shape index (κ3) is 28.1. The monoisotopic (exact) mass is 1540 g/mol. The van der Waals surface area contributed by atoms with Crippen molar-refractivity contribution in [2.75, 3.05) is 39.6 Å². The predicted molar refractivity (Wildman–Crippen MR) is 445 cm³/mol. The number of fused-ring (bicyclic) bond motifs is 12. The van der Waals surface area contributed by atoms with E-state index < -0.39 is 5.97 Å². The van der Waals surface area contributed by atoms with Gasteiger partial charge in [-0.15, -0.1) is 19.0 Å². The molecule has 0 saturated heterocycles. The zero-order valence-corrected chi connectivity index (χ0v) is 69.4. The Hall–Kier alpha value is -7.60. The van der Waals surface area contributed by atoms with Gasteiger partial charge < -0.3 is 45.2 Å². The number of hydrogen-bond donors (Lipinski definition) is 2. The molecule has 0 radical (unpaired) electrons. The van der Waals surface area contributed by atoms with Gasteiger partial charge in [0, 0.05) is 53.7 Å². The molecule has 4 N–H and O–H groups in total. The Kier molecular flexibility index (Phi) is 41.0. The van der Waals surface area contributed by atoms with Gasteiger partial charge in [0.25, 0.3) is 0 Å². The summed E-state index contributed by atoms with van der Waals surface area (Å²) in [4.78, 5) is 72.0. The van der Waals surface area contributed by atoms with E-state index in [-0.39, 0.29) is 96.7 Å². The smallest absolute Gasteiger partial charge is 0.652 e. The number of carbonyl (C=O) groups is 6. The van der Waals surface area contributed by atoms with E-state index in [2.05, 4.69) is 193 Å². The topological polar surface area (TPSA) is 227 Å². The van der Waals surface area contributed by atoms with Crippen molar-refractivity contribution < 1.29 is 76.0 Å². The van der Waals surface area contributed by atoms with Gasteiger partial charge >= 0.3 is 54.7 Å². The standard InChI is InChI=1S/C26H33NO2.C15H16N.2C11H19NO2.C11H16O2.C11H14O2.C6H8.C5H6O2.Li/c1-3-29-26(28)24-22-14-16-23(17-15-22)25(24)27(18-20-10-6-4-7-11-20)19(2)21-12-8-5-9-13-21;1-13(15-10-6-3-7-11-15)16-12-14-8-4-2-5-9-14;2*1-2-14-11(13)9-7-3-5-8(6-4-7)10(9)12;2*1-2-13-11(12)10-7-8-3-5-9(10)6-4-8;1-2-4-6-5-3-1;1-3-5(6)7-4-2;/h4-13,19,22-25H,3,14-18H2,1-2H3;2-11,13H,12H2,1H3;2*7-10H,2-6,12H2,1H3;7-9H,2-6H2,1H3;3,5,7-9H,2,4,6H2,1H3;1-4H,5-6H2;1H,4H2,2H3;/q;-1;;;;;;;+1/t19-,22?,23?,24?,25?;;;;;;;;/m0......../s1. The predicted octanol–water partition coefficient (Wildman–Crippen LogP) is 16.0. The number of nitrogens with two attached hydrogens (primary N) is 2. The Morgan fingerprint density at radius 3 is 1.26 bits per heavy atom. The van der Waals surface area contributed by atoms with Gasteiger partial charge in [-0.1, -0.05) is 188 Å². The van der Waals surface area contributed by atoms with Crippen molar-refractivity contribution in [2.45, 2.75) is 227 Å². The fourth-order valence-corrected chi connectivity index (χ4v) is 18.7. The molecule has 0 aromatic heterocycles. The quantitative estimate of drug-likeness (QED) is 0.0209. The van der Waals surface area contributed by atoms with E-state index in [0.717, 1.165) is 30.7 Å². The van der Waals surface area contributed by atoms with Crippen LogP contribution in [0.1, 0.15) is 218 Å². The summed E-state index contributed by atoms with van der Waals surface area (Å²) in [7, 11) is 0. The van der Waals surface area contributed by atoms with E-state index in [9.17, 15) is 28.8 Å². The first-order valence-corrected chi connectivity index (χ1v) is 42.5. The maximum atomic E-state index is 13.1. The van der Waals surface area contributed by atoms with E-state index in [1.165, 1.54) is 144 Å². The summed E-state index contributed by atoms with van der Waals surface area (Å²) in [6, 6.07) is 43.0. The molecule has 9 unspecified atom stereocenters. The van der Waals surface area contributed by atoms with Crippen molar-refractivity contribution in [3.8, 4) is 12.3 Å². The molecule has 0 amide bonds. The van der Waals surface area contributed by atoms with E-state index in [0.29, 0.717) is 98.8 Å². The molecule has 113 heavy (non-hydrogen) atoms. The molecule has 16 aliphatic carbocycles. The molecular formula is C96H131LiN4O12. The van der Waals surface area contributed by atoms with Crippen molar-refractivity contribution >= 4 is 35.8 Å². The minimum absolute atomic E-state index is 0. The second-order valence-corrected chi connectivity index (χ2v) is 31.5. The zero-order valence-electron chi connectivity index (χ0n) is 69.4. The molecule has 16 aliphatic rings. The average Bonchev–Trinajstić information content (AvgIpc) is 0.753. The second-order valence-electron chi connectivity index (χ2n) is 31.5. The fraction of sp³-hybridized carbons (Fsp3) is 0.562. The van der Waals surface area contributed by atoms with Crippen LogP contribution >= 0.6 is 0 Å². The van der Waals surface area contributed by atoms with Crippen LogP contribution in [0.15, 0.2) is 181 Å². The Labute approximate surface area is 688 Å². The number of ether oxygens (including phenoxy) is 6. The number of nitrogens with zero attached hydrogens (tertiary/aromatic N) is 2. The normalized spacial score (nSPS) is 27.3. The number of allylic oxidation sites excluding steroid dienone is 8. The Morgan fingerprint density at radius 1 is 0.460 bits per heavy atom. The van der Waals surface area contributed by atoms with Gasteiger partial charge in [0.15, 0.2) is 0 Å². The minimum atomic E-state index is -0.595. The number of carbonyl (C=O) groups excluding carboxylic acids is 6. The molecule has 20 rings (SSSR count). The fourth-order valence-electron chi connectivity index (χ4n) is 18.7. The molecule has 0 aliphatic heterocycles. The van der Waals surface area contributed by atoms with Crippen molar-refractivity contribution in [1.29, 1.82) is 0 Å². The number of rotatable bonds is 20. The van der Waals surface area contributed by atoms with Crippen molar-refractivity contribution in [3.05, 3.63) is 209 Å². The molecule has 10 fully saturated rings. The molecule has 608 valence electrons. The molecule has 0 heterocycles. The Balaban J connectivity index is 0.000000186. The van der Waals surface area contributed by atoms with Gasteiger partial charge in [-0.2, -0.15) is 0 Å². The van der Waals surface area contributed by atoms with Crippen molar-refractivity contribution in [2.24, 2.45) is 88.4 Å². The molecule has 4 aromatic carbocycles. The molecule has 10 bridgehead atoms. The van der Waals surface area contributed by atoms with Crippen LogP contribution in [0.3, 0.4) is 0 Å². The summed E-state index contributed by atoms with van der Waals surface area (Å²) in [6.07, 6.45) is 45.7. The summed E-state index contributed by atoms with van der Waals surface area (Å²) in [6.45, 7) is 19.8. The third-order valence-electron chi connectivity index (χ3n) is 24.6. The summed E-state index contributed by atoms with van der Waals surface area (Å²) in [5.41, 5.74) is 19.2. The summed E-state index contributed by atoms with van der Waals surface area (Å²) in [5, 5.41) is 4.66. The van der Waals surface area contributed by atoms with E-state index in [1.807, 2.05) is 46.8 Å².